The van der Waals surface area contributed by atoms with Gasteiger partial charge in [0, 0.05) is 19.7 Å². The molecule has 0 bridgehead atoms. The van der Waals surface area contributed by atoms with Crippen molar-refractivity contribution in [3.05, 3.63) is 0 Å². The van der Waals surface area contributed by atoms with E-state index in [9.17, 15) is 4.57 Å². The lowest BCUT2D eigenvalue weighted by molar-refractivity contribution is 0.0623. The first kappa shape index (κ1) is 14.1. The molecule has 0 radical (unpaired) electrons. The van der Waals surface area contributed by atoms with E-state index in [-0.39, 0.29) is 12.0 Å². The molecule has 0 aromatic rings. The van der Waals surface area contributed by atoms with E-state index in [0.717, 1.165) is 12.8 Å². The van der Waals surface area contributed by atoms with Crippen LogP contribution in [0.4, 0.5) is 0 Å². The lowest BCUT2D eigenvalue weighted by Gasteiger charge is -2.24. The van der Waals surface area contributed by atoms with Gasteiger partial charge in [0.25, 0.3) is 0 Å². The minimum Gasteiger partial charge on any atom is -0.384 e. The summed E-state index contributed by atoms with van der Waals surface area (Å²) >= 11 is 0. The molecule has 0 aliphatic heterocycles. The summed E-state index contributed by atoms with van der Waals surface area (Å²) in [7, 11) is -1.75. The van der Waals surface area contributed by atoms with E-state index in [2.05, 4.69) is 6.92 Å². The number of methoxy groups -OCH3 is 1. The van der Waals surface area contributed by atoms with Crippen molar-refractivity contribution >= 4 is 7.60 Å². The molecule has 0 aliphatic rings. The van der Waals surface area contributed by atoms with Crippen LogP contribution in [0.5, 0.6) is 0 Å². The lowest BCUT2D eigenvalue weighted by Crippen LogP contribution is -2.23. The molecule has 0 fully saturated rings. The van der Waals surface area contributed by atoms with Crippen LogP contribution in [0.2, 0.25) is 0 Å². The Hall–Kier alpha value is 0.110. The normalized spacial score (nSPS) is 20.1. The molecule has 86 valence electrons. The van der Waals surface area contributed by atoms with Crippen LogP contribution in [0.15, 0.2) is 0 Å². The molecule has 0 rings (SSSR count). The zero-order chi connectivity index (χ0) is 11.2. The number of rotatable bonds is 7. The first-order valence-corrected chi connectivity index (χ1v) is 6.90. The first-order valence-electron chi connectivity index (χ1n) is 4.88. The third-order valence-corrected chi connectivity index (χ3v) is 2.79. The first-order chi connectivity index (χ1) is 6.40. The summed E-state index contributed by atoms with van der Waals surface area (Å²) < 4.78 is 21.1. The van der Waals surface area contributed by atoms with Crippen LogP contribution < -0.4 is 0 Å². The molecule has 0 saturated carbocycles. The maximum absolute atomic E-state index is 11.0. The Morgan fingerprint density at radius 2 is 2.07 bits per heavy atom. The topological polar surface area (TPSA) is 55.8 Å². The molecule has 0 spiro atoms. The highest BCUT2D eigenvalue weighted by atomic mass is 31.2. The van der Waals surface area contributed by atoms with E-state index < -0.39 is 7.60 Å². The SMILES string of the molecule is CCC[C@@H](COC)[C@H](C)OP(C)(=O)O. The summed E-state index contributed by atoms with van der Waals surface area (Å²) in [5.74, 6) is 0.186. The average Bonchev–Trinajstić information content (AvgIpc) is 2.01. The molecule has 4 nitrogen and oxygen atoms in total. The predicted octanol–water partition coefficient (Wildman–Crippen LogP) is 2.27. The third kappa shape index (κ3) is 6.55. The Labute approximate surface area is 86.1 Å². The van der Waals surface area contributed by atoms with Crippen LogP contribution in [0, 0.1) is 5.92 Å². The van der Waals surface area contributed by atoms with Crippen LogP contribution in [-0.4, -0.2) is 31.4 Å². The molecule has 3 atom stereocenters. The second-order valence-corrected chi connectivity index (χ2v) is 5.43. The van der Waals surface area contributed by atoms with Gasteiger partial charge in [-0.05, 0) is 13.3 Å². The zero-order valence-electron chi connectivity index (χ0n) is 9.40. The van der Waals surface area contributed by atoms with Gasteiger partial charge in [-0.25, -0.2) is 0 Å². The fourth-order valence-corrected chi connectivity index (χ4v) is 2.22. The minimum absolute atomic E-state index is 0.186. The molecule has 0 saturated heterocycles. The highest BCUT2D eigenvalue weighted by Gasteiger charge is 2.23. The summed E-state index contributed by atoms with van der Waals surface area (Å²) in [6.07, 6.45) is 1.71. The van der Waals surface area contributed by atoms with Crippen molar-refractivity contribution in [2.45, 2.75) is 32.8 Å². The van der Waals surface area contributed by atoms with Crippen LogP contribution in [0.3, 0.4) is 0 Å². The zero-order valence-corrected chi connectivity index (χ0v) is 10.3. The molecule has 0 aromatic carbocycles. The van der Waals surface area contributed by atoms with Crippen molar-refractivity contribution in [1.82, 2.24) is 0 Å². The fourth-order valence-electron chi connectivity index (χ4n) is 1.43. The molecular weight excluding hydrogens is 203 g/mol. The molecule has 0 heterocycles. The molecule has 0 aliphatic carbocycles. The number of ether oxygens (including phenoxy) is 1. The van der Waals surface area contributed by atoms with E-state index in [4.69, 9.17) is 14.2 Å². The van der Waals surface area contributed by atoms with Crippen LogP contribution in [0.1, 0.15) is 26.7 Å². The Balaban J connectivity index is 4.13. The fraction of sp³-hybridized carbons (Fsp3) is 1.00. The van der Waals surface area contributed by atoms with E-state index in [1.807, 2.05) is 6.92 Å². The maximum Gasteiger partial charge on any atom is 0.325 e. The lowest BCUT2D eigenvalue weighted by atomic mass is 9.99. The summed E-state index contributed by atoms with van der Waals surface area (Å²) in [5.41, 5.74) is 0. The Kier molecular flexibility index (Phi) is 6.62. The summed E-state index contributed by atoms with van der Waals surface area (Å²) in [5, 5.41) is 0. The number of hydrogen-bond acceptors (Lipinski definition) is 3. The molecule has 5 heteroatoms. The van der Waals surface area contributed by atoms with Gasteiger partial charge in [-0.2, -0.15) is 0 Å². The summed E-state index contributed by atoms with van der Waals surface area (Å²) in [4.78, 5) is 9.07. The van der Waals surface area contributed by atoms with Crippen molar-refractivity contribution in [1.29, 1.82) is 0 Å². The quantitative estimate of drug-likeness (QED) is 0.674. The molecule has 1 N–H and O–H groups in total. The van der Waals surface area contributed by atoms with Gasteiger partial charge in [0.05, 0.1) is 12.7 Å². The molecule has 0 amide bonds. The number of hydrogen-bond donors (Lipinski definition) is 1. The van der Waals surface area contributed by atoms with Crippen molar-refractivity contribution in [2.75, 3.05) is 20.4 Å². The molecule has 1 unspecified atom stereocenters. The van der Waals surface area contributed by atoms with Gasteiger partial charge in [-0.3, -0.25) is 4.57 Å². The van der Waals surface area contributed by atoms with Gasteiger partial charge in [-0.15, -0.1) is 0 Å². The van der Waals surface area contributed by atoms with Crippen LogP contribution >= 0.6 is 7.60 Å². The second-order valence-electron chi connectivity index (χ2n) is 3.62. The standard InChI is InChI=1S/C9H21O4P/c1-5-6-9(7-12-3)8(2)13-14(4,10)11/h8-9H,5-7H2,1-4H3,(H,10,11)/t8-,9-/m0/s1. The van der Waals surface area contributed by atoms with Crippen molar-refractivity contribution in [3.63, 3.8) is 0 Å². The monoisotopic (exact) mass is 224 g/mol. The molecule has 0 aromatic heterocycles. The van der Waals surface area contributed by atoms with Crippen molar-refractivity contribution in [3.8, 4) is 0 Å². The highest BCUT2D eigenvalue weighted by molar-refractivity contribution is 7.51. The smallest absolute Gasteiger partial charge is 0.325 e. The Morgan fingerprint density at radius 3 is 2.43 bits per heavy atom. The van der Waals surface area contributed by atoms with Gasteiger partial charge < -0.3 is 14.2 Å². The van der Waals surface area contributed by atoms with E-state index in [0.29, 0.717) is 6.61 Å². The van der Waals surface area contributed by atoms with Crippen LogP contribution in [0.25, 0.3) is 0 Å². The van der Waals surface area contributed by atoms with E-state index in [1.165, 1.54) is 6.66 Å². The molecule has 14 heavy (non-hydrogen) atoms. The summed E-state index contributed by atoms with van der Waals surface area (Å²) in [6.45, 7) is 5.65. The van der Waals surface area contributed by atoms with Gasteiger partial charge in [0.2, 0.25) is 0 Å². The van der Waals surface area contributed by atoms with Crippen molar-refractivity contribution in [2.24, 2.45) is 5.92 Å². The minimum atomic E-state index is -3.38. The Bertz CT molecular complexity index is 183. The highest BCUT2D eigenvalue weighted by Crippen LogP contribution is 2.40. The average molecular weight is 224 g/mol. The van der Waals surface area contributed by atoms with E-state index in [1.54, 1.807) is 7.11 Å². The van der Waals surface area contributed by atoms with Gasteiger partial charge >= 0.3 is 7.60 Å². The maximum atomic E-state index is 11.0. The van der Waals surface area contributed by atoms with Crippen LogP contribution in [-0.2, 0) is 13.8 Å². The largest absolute Gasteiger partial charge is 0.384 e. The van der Waals surface area contributed by atoms with Crippen molar-refractivity contribution < 1.29 is 18.7 Å². The predicted molar refractivity (Wildman–Crippen MR) is 56.6 cm³/mol. The Morgan fingerprint density at radius 1 is 1.50 bits per heavy atom. The molecular formula is C9H21O4P. The third-order valence-electron chi connectivity index (χ3n) is 2.07. The van der Waals surface area contributed by atoms with Gasteiger partial charge in [0.1, 0.15) is 0 Å². The van der Waals surface area contributed by atoms with Gasteiger partial charge in [-0.1, -0.05) is 13.3 Å². The second kappa shape index (κ2) is 6.57. The van der Waals surface area contributed by atoms with E-state index >= 15 is 0 Å². The van der Waals surface area contributed by atoms with Gasteiger partial charge in [0.15, 0.2) is 0 Å². The summed E-state index contributed by atoms with van der Waals surface area (Å²) in [6, 6.07) is 0.